The summed E-state index contributed by atoms with van der Waals surface area (Å²) in [5, 5.41) is 0. The van der Waals surface area contributed by atoms with Gasteiger partial charge < -0.3 is 4.42 Å². The number of aromatic nitrogens is 2. The van der Waals surface area contributed by atoms with Gasteiger partial charge in [-0.25, -0.2) is 0 Å². The second-order valence-electron chi connectivity index (χ2n) is 6.15. The lowest BCUT2D eigenvalue weighted by Gasteiger charge is -2.16. The largest absolute Gasteiger partial charge is 0.458 e. The van der Waals surface area contributed by atoms with Crippen LogP contribution in [0.4, 0.5) is 0 Å². The third kappa shape index (κ3) is 2.29. The van der Waals surface area contributed by atoms with Crippen LogP contribution >= 0.6 is 0 Å². The molecule has 1 fully saturated rings. The Morgan fingerprint density at radius 3 is 2.77 bits per heavy atom. The average molecular weight is 293 g/mol. The second kappa shape index (κ2) is 5.21. The van der Waals surface area contributed by atoms with E-state index in [-0.39, 0.29) is 0 Å². The van der Waals surface area contributed by atoms with Crippen molar-refractivity contribution in [3.63, 3.8) is 0 Å². The van der Waals surface area contributed by atoms with Crippen LogP contribution in [0.1, 0.15) is 30.2 Å². The van der Waals surface area contributed by atoms with E-state index in [0.29, 0.717) is 6.04 Å². The molecule has 1 aliphatic rings. The molecule has 3 aromatic heterocycles. The predicted octanol–water partition coefficient (Wildman–Crippen LogP) is 3.96. The molecule has 1 saturated heterocycles. The Morgan fingerprint density at radius 1 is 1.14 bits per heavy atom. The number of likely N-dealkylation sites (tertiary alicyclic amines) is 1. The highest BCUT2D eigenvalue weighted by molar-refractivity contribution is 5.79. The summed E-state index contributed by atoms with van der Waals surface area (Å²) in [6.45, 7) is 3.18. The standard InChI is InChI=1S/C18H19N3O/c1-12-6-13(10-19-9-12)14-7-17-15(20-11-14)8-18(22-17)16-4-3-5-21(16)2/h6-11,16H,3-5H2,1-2H3. The summed E-state index contributed by atoms with van der Waals surface area (Å²) in [7, 11) is 2.15. The Hall–Kier alpha value is -2.20. The van der Waals surface area contributed by atoms with Crippen LogP contribution in [0, 0.1) is 6.92 Å². The molecule has 4 nitrogen and oxygen atoms in total. The molecule has 0 spiro atoms. The molecule has 3 aromatic rings. The lowest BCUT2D eigenvalue weighted by Crippen LogP contribution is -2.16. The van der Waals surface area contributed by atoms with Crippen LogP contribution in [0.3, 0.4) is 0 Å². The SMILES string of the molecule is Cc1cncc(-c2cnc3cc(C4CCCN4C)oc3c2)c1. The zero-order chi connectivity index (χ0) is 15.1. The molecule has 1 unspecified atom stereocenters. The van der Waals surface area contributed by atoms with Crippen molar-refractivity contribution in [2.75, 3.05) is 13.6 Å². The number of pyridine rings is 2. The minimum absolute atomic E-state index is 0.387. The van der Waals surface area contributed by atoms with Crippen molar-refractivity contribution in [2.24, 2.45) is 0 Å². The average Bonchev–Trinajstić information content (AvgIpc) is 3.11. The van der Waals surface area contributed by atoms with Gasteiger partial charge in [0.1, 0.15) is 11.3 Å². The van der Waals surface area contributed by atoms with Crippen molar-refractivity contribution in [3.8, 4) is 11.1 Å². The fourth-order valence-electron chi connectivity index (χ4n) is 3.24. The smallest absolute Gasteiger partial charge is 0.153 e. The molecule has 0 bridgehead atoms. The highest BCUT2D eigenvalue weighted by atomic mass is 16.3. The van der Waals surface area contributed by atoms with Crippen LogP contribution in [0.5, 0.6) is 0 Å². The maximum Gasteiger partial charge on any atom is 0.153 e. The number of fused-ring (bicyclic) bond motifs is 1. The Kier molecular flexibility index (Phi) is 3.19. The molecule has 1 atom stereocenters. The van der Waals surface area contributed by atoms with Crippen molar-refractivity contribution in [1.29, 1.82) is 0 Å². The van der Waals surface area contributed by atoms with Crippen molar-refractivity contribution in [1.82, 2.24) is 14.9 Å². The van der Waals surface area contributed by atoms with Crippen molar-refractivity contribution < 1.29 is 4.42 Å². The van der Waals surface area contributed by atoms with E-state index in [2.05, 4.69) is 40.1 Å². The maximum absolute atomic E-state index is 6.09. The fraction of sp³-hybridized carbons (Fsp3) is 0.333. The molecule has 0 saturated carbocycles. The van der Waals surface area contributed by atoms with Crippen LogP contribution in [0.2, 0.25) is 0 Å². The first-order valence-corrected chi connectivity index (χ1v) is 7.72. The summed E-state index contributed by atoms with van der Waals surface area (Å²) >= 11 is 0. The molecule has 4 rings (SSSR count). The van der Waals surface area contributed by atoms with Crippen molar-refractivity contribution in [2.45, 2.75) is 25.8 Å². The molecule has 0 N–H and O–H groups in total. The lowest BCUT2D eigenvalue weighted by atomic mass is 10.1. The molecule has 0 aromatic carbocycles. The molecule has 112 valence electrons. The van der Waals surface area contributed by atoms with Gasteiger partial charge in [-0.1, -0.05) is 0 Å². The van der Waals surface area contributed by atoms with Crippen LogP contribution in [0.25, 0.3) is 22.2 Å². The van der Waals surface area contributed by atoms with Gasteiger partial charge in [0.2, 0.25) is 0 Å². The second-order valence-corrected chi connectivity index (χ2v) is 6.15. The molecule has 22 heavy (non-hydrogen) atoms. The minimum Gasteiger partial charge on any atom is -0.458 e. The Balaban J connectivity index is 1.75. The number of aryl methyl sites for hydroxylation is 1. The number of nitrogens with zero attached hydrogens (tertiary/aromatic N) is 3. The van der Waals surface area contributed by atoms with Gasteiger partial charge in [0.25, 0.3) is 0 Å². The first-order chi connectivity index (χ1) is 10.7. The van der Waals surface area contributed by atoms with Gasteiger partial charge in [-0.05, 0) is 51.1 Å². The Labute approximate surface area is 129 Å². The van der Waals surface area contributed by atoms with E-state index < -0.39 is 0 Å². The molecule has 0 aliphatic carbocycles. The first kappa shape index (κ1) is 13.5. The number of hydrogen-bond acceptors (Lipinski definition) is 4. The molecule has 4 heterocycles. The van der Waals surface area contributed by atoms with E-state index in [1.807, 2.05) is 25.5 Å². The highest BCUT2D eigenvalue weighted by Gasteiger charge is 2.26. The fourth-order valence-corrected chi connectivity index (χ4v) is 3.24. The number of furan rings is 1. The van der Waals surface area contributed by atoms with E-state index in [1.165, 1.54) is 6.42 Å². The van der Waals surface area contributed by atoms with Crippen molar-refractivity contribution in [3.05, 3.63) is 48.1 Å². The topological polar surface area (TPSA) is 42.2 Å². The van der Waals surface area contributed by atoms with Crippen LogP contribution in [-0.2, 0) is 0 Å². The van der Waals surface area contributed by atoms with Gasteiger partial charge in [-0.2, -0.15) is 0 Å². The Bertz CT molecular complexity index is 824. The summed E-state index contributed by atoms with van der Waals surface area (Å²) in [5.74, 6) is 1.03. The van der Waals surface area contributed by atoms with Gasteiger partial charge in [0.05, 0.1) is 6.04 Å². The van der Waals surface area contributed by atoms with E-state index in [1.54, 1.807) is 0 Å². The van der Waals surface area contributed by atoms with Gasteiger partial charge in [0, 0.05) is 35.8 Å². The highest BCUT2D eigenvalue weighted by Crippen LogP contribution is 2.34. The molecule has 4 heteroatoms. The maximum atomic E-state index is 6.09. The third-order valence-corrected chi connectivity index (χ3v) is 4.45. The van der Waals surface area contributed by atoms with Crippen LogP contribution in [-0.4, -0.2) is 28.5 Å². The third-order valence-electron chi connectivity index (χ3n) is 4.45. The lowest BCUT2D eigenvalue weighted by molar-refractivity contribution is 0.281. The van der Waals surface area contributed by atoms with Gasteiger partial charge in [0.15, 0.2) is 5.58 Å². The normalized spacial score (nSPS) is 19.1. The zero-order valence-electron chi connectivity index (χ0n) is 12.9. The van der Waals surface area contributed by atoms with E-state index in [4.69, 9.17) is 4.42 Å². The summed E-state index contributed by atoms with van der Waals surface area (Å²) in [5.41, 5.74) is 5.05. The van der Waals surface area contributed by atoms with Gasteiger partial charge in [-0.3, -0.25) is 14.9 Å². The van der Waals surface area contributed by atoms with Gasteiger partial charge in [-0.15, -0.1) is 0 Å². The van der Waals surface area contributed by atoms with E-state index in [0.717, 1.165) is 46.5 Å². The monoisotopic (exact) mass is 293 g/mol. The molecule has 0 radical (unpaired) electrons. The summed E-state index contributed by atoms with van der Waals surface area (Å²) in [6, 6.07) is 6.65. The van der Waals surface area contributed by atoms with Crippen LogP contribution < -0.4 is 0 Å². The van der Waals surface area contributed by atoms with E-state index in [9.17, 15) is 0 Å². The minimum atomic E-state index is 0.387. The number of rotatable bonds is 2. The summed E-state index contributed by atoms with van der Waals surface area (Å²) in [6.07, 6.45) is 8.01. The van der Waals surface area contributed by atoms with E-state index >= 15 is 0 Å². The number of hydrogen-bond donors (Lipinski definition) is 0. The predicted molar refractivity (Wildman–Crippen MR) is 86.6 cm³/mol. The quantitative estimate of drug-likeness (QED) is 0.717. The van der Waals surface area contributed by atoms with Gasteiger partial charge >= 0.3 is 0 Å². The summed E-state index contributed by atoms with van der Waals surface area (Å²) < 4.78 is 6.09. The summed E-state index contributed by atoms with van der Waals surface area (Å²) in [4.78, 5) is 11.2. The van der Waals surface area contributed by atoms with Crippen molar-refractivity contribution >= 4 is 11.1 Å². The van der Waals surface area contributed by atoms with Crippen LogP contribution in [0.15, 0.2) is 41.2 Å². The zero-order valence-corrected chi connectivity index (χ0v) is 12.9. The Morgan fingerprint density at radius 2 is 2.00 bits per heavy atom. The molecule has 0 amide bonds. The molecule has 1 aliphatic heterocycles. The molecular weight excluding hydrogens is 274 g/mol. The molecular formula is C18H19N3O. The first-order valence-electron chi connectivity index (χ1n) is 7.72.